The van der Waals surface area contributed by atoms with Gasteiger partial charge in [0.1, 0.15) is 6.61 Å². The lowest BCUT2D eigenvalue weighted by Crippen LogP contribution is -2.19. The predicted molar refractivity (Wildman–Crippen MR) is 103 cm³/mol. The summed E-state index contributed by atoms with van der Waals surface area (Å²) in [7, 11) is 0. The minimum atomic E-state index is -0.251. The number of rotatable bonds is 6. The fourth-order valence-corrected chi connectivity index (χ4v) is 2.99. The molecule has 1 rings (SSSR count). The van der Waals surface area contributed by atoms with E-state index in [2.05, 4.69) is 45.9 Å². The fourth-order valence-electron chi connectivity index (χ4n) is 2.99. The van der Waals surface area contributed by atoms with E-state index in [1.54, 1.807) is 0 Å². The first-order valence-corrected chi connectivity index (χ1v) is 8.76. The van der Waals surface area contributed by atoms with Crippen molar-refractivity contribution >= 4 is 5.97 Å². The zero-order valence-electron chi connectivity index (χ0n) is 16.1. The Labute approximate surface area is 147 Å². The van der Waals surface area contributed by atoms with Crippen LogP contribution in [0, 0.1) is 5.41 Å². The third-order valence-corrected chi connectivity index (χ3v) is 4.47. The van der Waals surface area contributed by atoms with E-state index < -0.39 is 0 Å². The molecule has 0 atom stereocenters. The molecule has 24 heavy (non-hydrogen) atoms. The summed E-state index contributed by atoms with van der Waals surface area (Å²) in [6.45, 7) is 12.8. The van der Waals surface area contributed by atoms with Gasteiger partial charge in [-0.3, -0.25) is 4.79 Å². The van der Waals surface area contributed by atoms with Crippen LogP contribution in [-0.2, 0) is 9.53 Å². The highest BCUT2D eigenvalue weighted by molar-refractivity contribution is 5.66. The van der Waals surface area contributed by atoms with E-state index in [0.717, 1.165) is 5.57 Å². The van der Waals surface area contributed by atoms with Crippen LogP contribution in [0.15, 0.2) is 58.7 Å². The summed E-state index contributed by atoms with van der Waals surface area (Å²) in [5.74, 6) is -0.251. The van der Waals surface area contributed by atoms with Crippen molar-refractivity contribution in [3.63, 3.8) is 0 Å². The quantitative estimate of drug-likeness (QED) is 0.436. The lowest BCUT2D eigenvalue weighted by Gasteiger charge is -2.32. The first-order chi connectivity index (χ1) is 11.2. The van der Waals surface area contributed by atoms with E-state index in [-0.39, 0.29) is 11.4 Å². The van der Waals surface area contributed by atoms with Crippen molar-refractivity contribution in [1.29, 1.82) is 0 Å². The van der Waals surface area contributed by atoms with Crippen LogP contribution in [0.3, 0.4) is 0 Å². The molecule has 2 heteroatoms. The summed E-state index contributed by atoms with van der Waals surface area (Å²) < 4.78 is 4.89. The first kappa shape index (κ1) is 20.2. The van der Waals surface area contributed by atoms with Crippen molar-refractivity contribution in [2.24, 2.45) is 5.41 Å². The summed E-state index contributed by atoms with van der Waals surface area (Å²) in [5.41, 5.74) is 5.60. The Morgan fingerprint density at radius 1 is 1.17 bits per heavy atom. The van der Waals surface area contributed by atoms with Crippen LogP contribution in [0.4, 0.5) is 0 Å². The molecular weight excluding hydrogens is 296 g/mol. The van der Waals surface area contributed by atoms with Gasteiger partial charge < -0.3 is 4.74 Å². The van der Waals surface area contributed by atoms with Crippen molar-refractivity contribution in [2.75, 3.05) is 6.61 Å². The molecule has 0 aromatic heterocycles. The second kappa shape index (κ2) is 9.46. The van der Waals surface area contributed by atoms with Gasteiger partial charge in [0, 0.05) is 6.92 Å². The van der Waals surface area contributed by atoms with Crippen molar-refractivity contribution in [3.05, 3.63) is 58.7 Å². The number of carbonyl (C=O) groups is 1. The van der Waals surface area contributed by atoms with Gasteiger partial charge in [0.05, 0.1) is 0 Å². The summed E-state index contributed by atoms with van der Waals surface area (Å²) in [4.78, 5) is 10.7. The Bertz CT molecular complexity index is 595. The molecular formula is C22H32O2. The third kappa shape index (κ3) is 7.16. The maximum absolute atomic E-state index is 10.7. The van der Waals surface area contributed by atoms with Gasteiger partial charge in [-0.25, -0.2) is 0 Å². The monoisotopic (exact) mass is 328 g/mol. The first-order valence-electron chi connectivity index (χ1n) is 8.76. The topological polar surface area (TPSA) is 26.3 Å². The third-order valence-electron chi connectivity index (χ3n) is 4.47. The fraction of sp³-hybridized carbons (Fsp3) is 0.500. The molecule has 1 aliphatic carbocycles. The smallest absolute Gasteiger partial charge is 0.302 e. The van der Waals surface area contributed by atoms with Crippen molar-refractivity contribution in [2.45, 2.75) is 60.8 Å². The van der Waals surface area contributed by atoms with Crippen LogP contribution in [0.25, 0.3) is 0 Å². The molecule has 0 saturated heterocycles. The van der Waals surface area contributed by atoms with Crippen LogP contribution in [-0.4, -0.2) is 12.6 Å². The summed E-state index contributed by atoms with van der Waals surface area (Å²) >= 11 is 0. The number of ether oxygens (including phenoxy) is 1. The summed E-state index contributed by atoms with van der Waals surface area (Å²) in [5, 5.41) is 0. The normalized spacial score (nSPS) is 19.4. The molecule has 0 radical (unpaired) electrons. The van der Waals surface area contributed by atoms with E-state index in [1.807, 2.05) is 25.2 Å². The number of esters is 1. The highest BCUT2D eigenvalue weighted by atomic mass is 16.5. The van der Waals surface area contributed by atoms with E-state index in [1.165, 1.54) is 42.9 Å². The van der Waals surface area contributed by atoms with Gasteiger partial charge >= 0.3 is 5.97 Å². The molecule has 0 amide bonds. The van der Waals surface area contributed by atoms with Gasteiger partial charge in [0.2, 0.25) is 0 Å². The molecule has 0 unspecified atom stereocenters. The minimum absolute atomic E-state index is 0.251. The zero-order chi connectivity index (χ0) is 18.2. The molecule has 0 aliphatic heterocycles. The van der Waals surface area contributed by atoms with Gasteiger partial charge in [-0.1, -0.05) is 60.9 Å². The van der Waals surface area contributed by atoms with Crippen LogP contribution >= 0.6 is 0 Å². The van der Waals surface area contributed by atoms with Crippen molar-refractivity contribution in [3.8, 4) is 0 Å². The van der Waals surface area contributed by atoms with Gasteiger partial charge in [0.25, 0.3) is 0 Å². The van der Waals surface area contributed by atoms with Crippen molar-refractivity contribution < 1.29 is 9.53 Å². The summed E-state index contributed by atoms with van der Waals surface area (Å²) in [6, 6.07) is 0. The largest absolute Gasteiger partial charge is 0.462 e. The number of allylic oxidation sites excluding steroid dienone is 9. The van der Waals surface area contributed by atoms with Crippen LogP contribution in [0.2, 0.25) is 0 Å². The highest BCUT2D eigenvalue weighted by Crippen LogP contribution is 2.40. The van der Waals surface area contributed by atoms with E-state index in [9.17, 15) is 4.79 Å². The van der Waals surface area contributed by atoms with Gasteiger partial charge in [-0.05, 0) is 57.1 Å². The standard InChI is InChI=1S/C22H32O2/c1-17(9-7-10-18(2)14-16-24-20(4)23)12-13-21-19(3)11-8-15-22(21,5)6/h7,9-10,12-14H,8,11,15-16H2,1-6H3/b10-7+,13-12?,17-9+,18-14+. The maximum atomic E-state index is 10.7. The van der Waals surface area contributed by atoms with E-state index in [0.29, 0.717) is 6.61 Å². The Kier molecular flexibility index (Phi) is 7.97. The predicted octanol–water partition coefficient (Wildman–Crippen LogP) is 6.08. The highest BCUT2D eigenvalue weighted by Gasteiger charge is 2.26. The molecule has 0 spiro atoms. The number of carbonyl (C=O) groups excluding carboxylic acids is 1. The molecule has 0 aromatic carbocycles. The SMILES string of the molecule is CC(=O)OC/C=C(C)/C=C/C=C(\C)C=CC1=C(C)CCCC1(C)C. The molecule has 2 nitrogen and oxygen atoms in total. The molecule has 132 valence electrons. The average Bonchev–Trinajstić information content (AvgIpc) is 2.45. The second-order valence-corrected chi connectivity index (χ2v) is 7.29. The second-order valence-electron chi connectivity index (χ2n) is 7.29. The summed E-state index contributed by atoms with van der Waals surface area (Å²) in [6.07, 6.45) is 16.3. The average molecular weight is 328 g/mol. The van der Waals surface area contributed by atoms with E-state index >= 15 is 0 Å². The lowest BCUT2D eigenvalue weighted by molar-refractivity contribution is -0.139. The molecule has 0 N–H and O–H groups in total. The Hall–Kier alpha value is -1.83. The molecule has 1 aliphatic rings. The molecule has 0 saturated carbocycles. The van der Waals surface area contributed by atoms with Crippen LogP contribution < -0.4 is 0 Å². The molecule has 0 fully saturated rings. The molecule has 0 bridgehead atoms. The van der Waals surface area contributed by atoms with Gasteiger partial charge in [-0.2, -0.15) is 0 Å². The number of hydrogen-bond donors (Lipinski definition) is 0. The lowest BCUT2D eigenvalue weighted by atomic mass is 9.72. The Morgan fingerprint density at radius 3 is 2.50 bits per heavy atom. The zero-order valence-corrected chi connectivity index (χ0v) is 16.1. The van der Waals surface area contributed by atoms with Crippen LogP contribution in [0.5, 0.6) is 0 Å². The van der Waals surface area contributed by atoms with E-state index in [4.69, 9.17) is 4.74 Å². The minimum Gasteiger partial charge on any atom is -0.462 e. The van der Waals surface area contributed by atoms with Gasteiger partial charge in [-0.15, -0.1) is 0 Å². The molecule has 0 aromatic rings. The number of hydrogen-bond acceptors (Lipinski definition) is 2. The van der Waals surface area contributed by atoms with Crippen molar-refractivity contribution in [1.82, 2.24) is 0 Å². The maximum Gasteiger partial charge on any atom is 0.302 e. The Morgan fingerprint density at radius 2 is 1.88 bits per heavy atom. The molecule has 0 heterocycles. The Balaban J connectivity index is 2.67. The van der Waals surface area contributed by atoms with Crippen LogP contribution in [0.1, 0.15) is 60.8 Å². The van der Waals surface area contributed by atoms with Gasteiger partial charge in [0.15, 0.2) is 0 Å².